The predicted octanol–water partition coefficient (Wildman–Crippen LogP) is 6.78. The second kappa shape index (κ2) is 8.31. The van der Waals surface area contributed by atoms with Crippen LogP contribution in [0.15, 0.2) is 76.1 Å². The van der Waals surface area contributed by atoms with E-state index >= 15 is 0 Å². The number of hydrogen-bond acceptors (Lipinski definition) is 5. The van der Waals surface area contributed by atoms with E-state index in [0.29, 0.717) is 27.6 Å². The van der Waals surface area contributed by atoms with E-state index in [0.717, 1.165) is 16.8 Å². The molecule has 0 unspecified atom stereocenters. The van der Waals surface area contributed by atoms with E-state index in [-0.39, 0.29) is 5.69 Å². The average molecular weight is 418 g/mol. The van der Waals surface area contributed by atoms with Gasteiger partial charge in [-0.05, 0) is 61.0 Å². The molecule has 0 N–H and O–H groups in total. The molecule has 0 saturated heterocycles. The second-order valence-corrected chi connectivity index (χ2v) is 7.02. The zero-order chi connectivity index (χ0) is 21.1. The van der Waals surface area contributed by atoms with Crippen LogP contribution < -0.4 is 0 Å². The molecule has 1 heterocycles. The van der Waals surface area contributed by atoms with Gasteiger partial charge in [-0.2, -0.15) is 0 Å². The van der Waals surface area contributed by atoms with Gasteiger partial charge < -0.3 is 4.42 Å². The van der Waals surface area contributed by atoms with Crippen LogP contribution in [0, 0.1) is 17.0 Å². The third kappa shape index (κ3) is 4.14. The molecule has 0 aliphatic carbocycles. The van der Waals surface area contributed by atoms with E-state index in [1.165, 1.54) is 6.07 Å². The van der Waals surface area contributed by atoms with E-state index in [1.54, 1.807) is 54.8 Å². The zero-order valence-electron chi connectivity index (χ0n) is 15.9. The van der Waals surface area contributed by atoms with Gasteiger partial charge in [0.2, 0.25) is 5.89 Å². The van der Waals surface area contributed by atoms with Crippen LogP contribution in [-0.2, 0) is 0 Å². The number of hydrogen-bond donors (Lipinski definition) is 0. The van der Waals surface area contributed by atoms with Gasteiger partial charge in [-0.25, -0.2) is 4.98 Å². The van der Waals surface area contributed by atoms with E-state index in [4.69, 9.17) is 16.0 Å². The van der Waals surface area contributed by atoms with Gasteiger partial charge in [0.05, 0.1) is 16.2 Å². The summed E-state index contributed by atoms with van der Waals surface area (Å²) in [5, 5.41) is 11.7. The standard InChI is InChI=1S/C23H16ClN3O3/c1-15-8-9-17(23-26-20-14-18(24)10-11-22(20)30-23)13-19(15)25-12-4-6-16-5-2-3-7-21(16)27(28)29/h2-14H,1H3. The topological polar surface area (TPSA) is 81.5 Å². The molecule has 0 saturated carbocycles. The van der Waals surface area contributed by atoms with Crippen LogP contribution in [0.2, 0.25) is 5.02 Å². The van der Waals surface area contributed by atoms with Crippen molar-refractivity contribution in [3.63, 3.8) is 0 Å². The normalized spacial score (nSPS) is 11.7. The molecular formula is C23H16ClN3O3. The van der Waals surface area contributed by atoms with Crippen molar-refractivity contribution < 1.29 is 9.34 Å². The van der Waals surface area contributed by atoms with E-state index in [1.807, 2.05) is 25.1 Å². The van der Waals surface area contributed by atoms with E-state index in [2.05, 4.69) is 9.98 Å². The summed E-state index contributed by atoms with van der Waals surface area (Å²) in [6.07, 6.45) is 4.94. The lowest BCUT2D eigenvalue weighted by Crippen LogP contribution is -1.90. The van der Waals surface area contributed by atoms with Crippen LogP contribution >= 0.6 is 11.6 Å². The van der Waals surface area contributed by atoms with Crippen molar-refractivity contribution in [2.75, 3.05) is 0 Å². The maximum atomic E-state index is 11.1. The number of benzene rings is 3. The largest absolute Gasteiger partial charge is 0.436 e. The fourth-order valence-electron chi connectivity index (χ4n) is 2.97. The Morgan fingerprint density at radius 1 is 1.13 bits per heavy atom. The van der Waals surface area contributed by atoms with Crippen molar-refractivity contribution in [1.29, 1.82) is 0 Å². The second-order valence-electron chi connectivity index (χ2n) is 6.59. The van der Waals surface area contributed by atoms with Gasteiger partial charge >= 0.3 is 0 Å². The summed E-state index contributed by atoms with van der Waals surface area (Å²) in [6.45, 7) is 1.95. The quantitative estimate of drug-likeness (QED) is 0.203. The average Bonchev–Trinajstić information content (AvgIpc) is 3.15. The lowest BCUT2D eigenvalue weighted by molar-refractivity contribution is -0.385. The SMILES string of the molecule is Cc1ccc(-c2nc3cc(Cl)ccc3o2)cc1N=CC=Cc1ccccc1[N+](=O)[O-]. The minimum absolute atomic E-state index is 0.0522. The summed E-state index contributed by atoms with van der Waals surface area (Å²) in [6, 6.07) is 17.6. The van der Waals surface area contributed by atoms with Crippen molar-refractivity contribution in [3.8, 4) is 11.5 Å². The molecule has 4 rings (SSSR count). The highest BCUT2D eigenvalue weighted by molar-refractivity contribution is 6.31. The van der Waals surface area contributed by atoms with E-state index < -0.39 is 4.92 Å². The maximum Gasteiger partial charge on any atom is 0.276 e. The number of para-hydroxylation sites is 1. The minimum atomic E-state index is -0.405. The van der Waals surface area contributed by atoms with Gasteiger partial charge in [-0.15, -0.1) is 0 Å². The first-order valence-electron chi connectivity index (χ1n) is 9.12. The van der Waals surface area contributed by atoms with Gasteiger partial charge in [0.15, 0.2) is 5.58 Å². The number of rotatable bonds is 5. The summed E-state index contributed by atoms with van der Waals surface area (Å²) < 4.78 is 5.82. The first-order valence-corrected chi connectivity index (χ1v) is 9.50. The number of halogens is 1. The summed E-state index contributed by atoms with van der Waals surface area (Å²) in [5.74, 6) is 0.485. The Morgan fingerprint density at radius 3 is 2.80 bits per heavy atom. The van der Waals surface area contributed by atoms with Gasteiger partial charge in [-0.1, -0.05) is 29.8 Å². The molecule has 0 radical (unpaired) electrons. The number of aliphatic imine (C=N–C) groups is 1. The van der Waals surface area contributed by atoms with Crippen LogP contribution in [0.5, 0.6) is 0 Å². The fourth-order valence-corrected chi connectivity index (χ4v) is 3.14. The van der Waals surface area contributed by atoms with Crippen molar-refractivity contribution in [1.82, 2.24) is 4.98 Å². The molecule has 0 spiro atoms. The molecular weight excluding hydrogens is 402 g/mol. The minimum Gasteiger partial charge on any atom is -0.436 e. The molecule has 4 aromatic rings. The molecule has 148 valence electrons. The summed E-state index contributed by atoms with van der Waals surface area (Å²) >= 11 is 6.02. The van der Waals surface area contributed by atoms with Gasteiger partial charge in [0.1, 0.15) is 5.52 Å². The molecule has 7 heteroatoms. The van der Waals surface area contributed by atoms with Crippen molar-refractivity contribution >= 4 is 46.4 Å². The maximum absolute atomic E-state index is 11.1. The van der Waals surface area contributed by atoms with Crippen LogP contribution in [0.1, 0.15) is 11.1 Å². The molecule has 0 aliphatic heterocycles. The Labute approximate surface area is 177 Å². The highest BCUT2D eigenvalue weighted by Crippen LogP contribution is 2.30. The highest BCUT2D eigenvalue weighted by atomic mass is 35.5. The van der Waals surface area contributed by atoms with Crippen LogP contribution in [0.3, 0.4) is 0 Å². The third-order valence-corrected chi connectivity index (χ3v) is 4.75. The van der Waals surface area contributed by atoms with Crippen LogP contribution in [0.4, 0.5) is 11.4 Å². The molecule has 0 bridgehead atoms. The van der Waals surface area contributed by atoms with Gasteiger partial charge in [-0.3, -0.25) is 15.1 Å². The van der Waals surface area contributed by atoms with Crippen LogP contribution in [0.25, 0.3) is 28.6 Å². The molecule has 30 heavy (non-hydrogen) atoms. The molecule has 6 nitrogen and oxygen atoms in total. The number of aryl methyl sites for hydroxylation is 1. The Kier molecular flexibility index (Phi) is 5.41. The molecule has 0 fully saturated rings. The fraction of sp³-hybridized carbons (Fsp3) is 0.0435. The third-order valence-electron chi connectivity index (χ3n) is 4.51. The Morgan fingerprint density at radius 2 is 1.97 bits per heavy atom. The molecule has 3 aromatic carbocycles. The van der Waals surface area contributed by atoms with Crippen molar-refractivity contribution in [2.24, 2.45) is 4.99 Å². The Balaban J connectivity index is 1.60. The highest BCUT2D eigenvalue weighted by Gasteiger charge is 2.11. The first kappa shape index (κ1) is 19.5. The number of oxazole rings is 1. The predicted molar refractivity (Wildman–Crippen MR) is 119 cm³/mol. The monoisotopic (exact) mass is 417 g/mol. The lowest BCUT2D eigenvalue weighted by atomic mass is 10.1. The molecule has 0 aliphatic rings. The molecule has 0 atom stereocenters. The number of nitro groups is 1. The Hall–Kier alpha value is -3.77. The number of nitro benzene ring substituents is 1. The smallest absolute Gasteiger partial charge is 0.276 e. The summed E-state index contributed by atoms with van der Waals surface area (Å²) in [7, 11) is 0. The van der Waals surface area contributed by atoms with Crippen LogP contribution in [-0.4, -0.2) is 16.1 Å². The first-order chi connectivity index (χ1) is 14.5. The number of allylic oxidation sites excluding steroid dienone is 1. The number of aromatic nitrogens is 1. The van der Waals surface area contributed by atoms with Crippen molar-refractivity contribution in [2.45, 2.75) is 6.92 Å². The van der Waals surface area contributed by atoms with Gasteiger partial charge in [0.25, 0.3) is 5.69 Å². The Bertz CT molecular complexity index is 1310. The summed E-state index contributed by atoms with van der Waals surface area (Å²) in [4.78, 5) is 19.7. The zero-order valence-corrected chi connectivity index (χ0v) is 16.7. The lowest BCUT2D eigenvalue weighted by Gasteiger charge is -2.02. The molecule has 1 aromatic heterocycles. The van der Waals surface area contributed by atoms with E-state index in [9.17, 15) is 10.1 Å². The van der Waals surface area contributed by atoms with Crippen molar-refractivity contribution in [3.05, 3.63) is 93.0 Å². The van der Waals surface area contributed by atoms with Gasteiger partial charge in [0, 0.05) is 22.9 Å². The summed E-state index contributed by atoms with van der Waals surface area (Å²) in [5.41, 5.74) is 4.44. The number of nitrogens with zero attached hydrogens (tertiary/aromatic N) is 3. The number of fused-ring (bicyclic) bond motifs is 1. The molecule has 0 amide bonds.